The third-order valence-electron chi connectivity index (χ3n) is 4.03. The molecular formula is C15H18N2O3. The lowest BCUT2D eigenvalue weighted by atomic mass is 9.94. The van der Waals surface area contributed by atoms with Crippen molar-refractivity contribution in [3.05, 3.63) is 35.4 Å². The predicted octanol–water partition coefficient (Wildman–Crippen LogP) is 1.62. The average molecular weight is 274 g/mol. The van der Waals surface area contributed by atoms with Gasteiger partial charge in [0.15, 0.2) is 0 Å². The van der Waals surface area contributed by atoms with E-state index in [2.05, 4.69) is 5.32 Å². The molecule has 1 saturated carbocycles. The number of urea groups is 1. The van der Waals surface area contributed by atoms with Crippen molar-refractivity contribution in [2.75, 3.05) is 6.54 Å². The summed E-state index contributed by atoms with van der Waals surface area (Å²) in [6, 6.07) is 6.67. The highest BCUT2D eigenvalue weighted by Crippen LogP contribution is 2.28. The number of nitrogens with one attached hydrogen (secondary N) is 1. The van der Waals surface area contributed by atoms with E-state index < -0.39 is 12.0 Å². The fourth-order valence-electron chi connectivity index (χ4n) is 2.61. The summed E-state index contributed by atoms with van der Waals surface area (Å²) in [4.78, 5) is 25.1. The Morgan fingerprint density at radius 2 is 1.95 bits per heavy atom. The van der Waals surface area contributed by atoms with E-state index in [-0.39, 0.29) is 6.03 Å². The molecule has 1 aromatic rings. The summed E-state index contributed by atoms with van der Waals surface area (Å²) in [7, 11) is 0. The molecule has 0 spiro atoms. The Bertz CT molecular complexity index is 540. The van der Waals surface area contributed by atoms with Crippen LogP contribution in [-0.2, 0) is 17.8 Å². The van der Waals surface area contributed by atoms with Crippen LogP contribution in [0, 0.1) is 5.92 Å². The third kappa shape index (κ3) is 2.61. The smallest absolute Gasteiger partial charge is 0.326 e. The number of hydrogen-bond donors (Lipinski definition) is 2. The molecule has 5 heteroatoms. The summed E-state index contributed by atoms with van der Waals surface area (Å²) in [6.07, 6.45) is 2.69. The zero-order valence-electron chi connectivity index (χ0n) is 11.2. The minimum Gasteiger partial charge on any atom is -0.480 e. The fourth-order valence-corrected chi connectivity index (χ4v) is 2.61. The molecule has 2 amide bonds. The van der Waals surface area contributed by atoms with Crippen LogP contribution in [0.1, 0.15) is 24.0 Å². The zero-order valence-corrected chi connectivity index (χ0v) is 11.2. The number of fused-ring (bicyclic) bond motifs is 1. The van der Waals surface area contributed by atoms with Crippen molar-refractivity contribution in [1.29, 1.82) is 0 Å². The highest BCUT2D eigenvalue weighted by atomic mass is 16.4. The molecule has 1 aliphatic carbocycles. The van der Waals surface area contributed by atoms with Gasteiger partial charge in [-0.25, -0.2) is 9.59 Å². The van der Waals surface area contributed by atoms with Gasteiger partial charge in [-0.05, 0) is 29.9 Å². The van der Waals surface area contributed by atoms with Gasteiger partial charge in [0.25, 0.3) is 0 Å². The summed E-state index contributed by atoms with van der Waals surface area (Å²) in [5.41, 5.74) is 2.05. The van der Waals surface area contributed by atoms with Crippen LogP contribution in [0.5, 0.6) is 0 Å². The number of carbonyl (C=O) groups excluding carboxylic acids is 1. The number of carboxylic acid groups (broad SMARTS) is 1. The first-order valence-corrected chi connectivity index (χ1v) is 6.99. The van der Waals surface area contributed by atoms with E-state index in [9.17, 15) is 14.7 Å². The second kappa shape index (κ2) is 5.15. The van der Waals surface area contributed by atoms with Crippen LogP contribution in [-0.4, -0.2) is 34.6 Å². The first kappa shape index (κ1) is 13.0. The van der Waals surface area contributed by atoms with Gasteiger partial charge in [0.05, 0.1) is 0 Å². The van der Waals surface area contributed by atoms with Crippen LogP contribution < -0.4 is 5.32 Å². The van der Waals surface area contributed by atoms with Gasteiger partial charge in [0.2, 0.25) is 0 Å². The summed E-state index contributed by atoms with van der Waals surface area (Å²) in [6.45, 7) is 1.02. The molecule has 0 unspecified atom stereocenters. The molecule has 0 radical (unpaired) electrons. The SMILES string of the molecule is O=C(O)[C@H]1Cc2ccccc2CN1C(=O)NCC1CC1. The maximum Gasteiger partial charge on any atom is 0.326 e. The molecule has 1 fully saturated rings. The van der Waals surface area contributed by atoms with E-state index in [1.54, 1.807) is 0 Å². The van der Waals surface area contributed by atoms with Crippen LogP contribution in [0.4, 0.5) is 4.79 Å². The van der Waals surface area contributed by atoms with Crippen molar-refractivity contribution in [2.45, 2.75) is 31.8 Å². The van der Waals surface area contributed by atoms with Crippen molar-refractivity contribution >= 4 is 12.0 Å². The first-order valence-electron chi connectivity index (χ1n) is 6.99. The lowest BCUT2D eigenvalue weighted by Gasteiger charge is -2.34. The van der Waals surface area contributed by atoms with Gasteiger partial charge in [-0.15, -0.1) is 0 Å². The molecular weight excluding hydrogens is 256 g/mol. The van der Waals surface area contributed by atoms with Gasteiger partial charge in [0, 0.05) is 19.5 Å². The van der Waals surface area contributed by atoms with Gasteiger partial charge in [-0.3, -0.25) is 0 Å². The number of nitrogens with zero attached hydrogens (tertiary/aromatic N) is 1. The van der Waals surface area contributed by atoms with Gasteiger partial charge < -0.3 is 15.3 Å². The number of amides is 2. The second-order valence-corrected chi connectivity index (χ2v) is 5.58. The minimum absolute atomic E-state index is 0.265. The second-order valence-electron chi connectivity index (χ2n) is 5.58. The molecule has 0 saturated heterocycles. The van der Waals surface area contributed by atoms with E-state index in [0.717, 1.165) is 24.0 Å². The molecule has 20 heavy (non-hydrogen) atoms. The number of hydrogen-bond acceptors (Lipinski definition) is 2. The van der Waals surface area contributed by atoms with E-state index in [1.807, 2.05) is 24.3 Å². The Kier molecular flexibility index (Phi) is 3.34. The number of carboxylic acids is 1. The van der Waals surface area contributed by atoms with E-state index in [4.69, 9.17) is 0 Å². The van der Waals surface area contributed by atoms with Gasteiger partial charge in [-0.1, -0.05) is 24.3 Å². The lowest BCUT2D eigenvalue weighted by molar-refractivity contribution is -0.142. The number of benzene rings is 1. The normalized spacial score (nSPS) is 21.2. The maximum absolute atomic E-state index is 12.2. The van der Waals surface area contributed by atoms with E-state index in [1.165, 1.54) is 4.90 Å². The number of carbonyl (C=O) groups is 2. The average Bonchev–Trinajstić information content (AvgIpc) is 3.27. The van der Waals surface area contributed by atoms with Gasteiger partial charge in [0.1, 0.15) is 6.04 Å². The summed E-state index contributed by atoms with van der Waals surface area (Å²) in [5, 5.41) is 12.2. The molecule has 3 rings (SSSR count). The number of aliphatic carboxylic acids is 1. The minimum atomic E-state index is -0.943. The van der Waals surface area contributed by atoms with Gasteiger partial charge in [-0.2, -0.15) is 0 Å². The lowest BCUT2D eigenvalue weighted by Crippen LogP contribution is -2.52. The van der Waals surface area contributed by atoms with Crippen molar-refractivity contribution in [1.82, 2.24) is 10.2 Å². The molecule has 1 aliphatic heterocycles. The zero-order chi connectivity index (χ0) is 14.1. The standard InChI is InChI=1S/C15H18N2O3/c18-14(19)13-7-11-3-1-2-4-12(11)9-17(13)15(20)16-8-10-5-6-10/h1-4,10,13H,5-9H2,(H,16,20)(H,18,19)/t13-/m1/s1. The molecule has 0 bridgehead atoms. The highest BCUT2D eigenvalue weighted by molar-refractivity contribution is 5.83. The first-order chi connectivity index (χ1) is 9.65. The molecule has 0 aromatic heterocycles. The topological polar surface area (TPSA) is 69.6 Å². The van der Waals surface area contributed by atoms with E-state index >= 15 is 0 Å². The Morgan fingerprint density at radius 1 is 1.25 bits per heavy atom. The Balaban J connectivity index is 1.76. The van der Waals surface area contributed by atoms with Crippen LogP contribution in [0.25, 0.3) is 0 Å². The predicted molar refractivity (Wildman–Crippen MR) is 73.2 cm³/mol. The Hall–Kier alpha value is -2.04. The quantitative estimate of drug-likeness (QED) is 0.880. The summed E-state index contributed by atoms with van der Waals surface area (Å²) < 4.78 is 0. The van der Waals surface area contributed by atoms with Crippen LogP contribution in [0.3, 0.4) is 0 Å². The fraction of sp³-hybridized carbons (Fsp3) is 0.467. The van der Waals surface area contributed by atoms with Gasteiger partial charge >= 0.3 is 12.0 Å². The largest absolute Gasteiger partial charge is 0.480 e. The summed E-state index contributed by atoms with van der Waals surface area (Å²) in [5.74, 6) is -0.361. The van der Waals surface area contributed by atoms with Crippen molar-refractivity contribution in [2.24, 2.45) is 5.92 Å². The molecule has 2 aliphatic rings. The highest BCUT2D eigenvalue weighted by Gasteiger charge is 2.35. The number of rotatable bonds is 3. The molecule has 106 valence electrons. The molecule has 2 N–H and O–H groups in total. The monoisotopic (exact) mass is 274 g/mol. The van der Waals surface area contributed by atoms with Crippen LogP contribution in [0.15, 0.2) is 24.3 Å². The van der Waals surface area contributed by atoms with Crippen molar-refractivity contribution < 1.29 is 14.7 Å². The maximum atomic E-state index is 12.2. The third-order valence-corrected chi connectivity index (χ3v) is 4.03. The van der Waals surface area contributed by atoms with Crippen molar-refractivity contribution in [3.8, 4) is 0 Å². The Morgan fingerprint density at radius 3 is 2.60 bits per heavy atom. The Labute approximate surface area is 117 Å². The van der Waals surface area contributed by atoms with Crippen molar-refractivity contribution in [3.63, 3.8) is 0 Å². The molecule has 5 nitrogen and oxygen atoms in total. The van der Waals surface area contributed by atoms with E-state index in [0.29, 0.717) is 25.4 Å². The summed E-state index contributed by atoms with van der Waals surface area (Å²) >= 11 is 0. The van der Waals surface area contributed by atoms with Crippen LogP contribution >= 0.6 is 0 Å². The molecule has 1 atom stereocenters. The molecule has 1 aromatic carbocycles. The molecule has 1 heterocycles. The van der Waals surface area contributed by atoms with Crippen LogP contribution in [0.2, 0.25) is 0 Å².